The highest BCUT2D eigenvalue weighted by Gasteiger charge is 2.15. The van der Waals surface area contributed by atoms with Crippen molar-refractivity contribution in [2.45, 2.75) is 0 Å². The van der Waals surface area contributed by atoms with E-state index in [1.165, 1.54) is 69.9 Å². The predicted molar refractivity (Wildman–Crippen MR) is 192 cm³/mol. The Hall–Kier alpha value is -5.64. The molecule has 45 heavy (non-hydrogen) atoms. The number of benzene rings is 7. The molecule has 0 bridgehead atoms. The van der Waals surface area contributed by atoms with E-state index in [1.54, 1.807) is 0 Å². The molecule has 0 fully saturated rings. The number of nitrogens with zero attached hydrogens (tertiary/aromatic N) is 1. The SMILES string of the molecule is c1ccc(-n2c3ccccc3c3cc(-c4ccc5sc6ccc(-c7ccc8oc9ccccc9c8c7)cc6c5c4)ccc32)cc1. The number of aromatic nitrogens is 1. The first-order chi connectivity index (χ1) is 22.3. The van der Waals surface area contributed by atoms with Crippen LogP contribution in [-0.2, 0) is 0 Å². The molecule has 0 aliphatic rings. The van der Waals surface area contributed by atoms with Crippen LogP contribution in [0.4, 0.5) is 0 Å². The van der Waals surface area contributed by atoms with Gasteiger partial charge in [0.1, 0.15) is 11.2 Å². The van der Waals surface area contributed by atoms with Gasteiger partial charge in [0.25, 0.3) is 0 Å². The fraction of sp³-hybridized carbons (Fsp3) is 0. The zero-order valence-electron chi connectivity index (χ0n) is 24.2. The van der Waals surface area contributed by atoms with E-state index in [0.29, 0.717) is 0 Å². The van der Waals surface area contributed by atoms with Crippen molar-refractivity contribution in [1.29, 1.82) is 0 Å². The molecule has 10 aromatic rings. The molecule has 2 nitrogen and oxygen atoms in total. The highest BCUT2D eigenvalue weighted by atomic mass is 32.1. The van der Waals surface area contributed by atoms with Gasteiger partial charge in [0.05, 0.1) is 11.0 Å². The van der Waals surface area contributed by atoms with Crippen molar-refractivity contribution in [3.63, 3.8) is 0 Å². The lowest BCUT2D eigenvalue weighted by Crippen LogP contribution is -1.92. The largest absolute Gasteiger partial charge is 0.456 e. The van der Waals surface area contributed by atoms with Gasteiger partial charge in [-0.1, -0.05) is 78.9 Å². The third-order valence-electron chi connectivity index (χ3n) is 9.20. The second-order valence-electron chi connectivity index (χ2n) is 11.8. The molecule has 0 unspecified atom stereocenters. The fourth-order valence-corrected chi connectivity index (χ4v) is 8.12. The van der Waals surface area contributed by atoms with Crippen molar-refractivity contribution < 1.29 is 4.42 Å². The van der Waals surface area contributed by atoms with Gasteiger partial charge in [0.15, 0.2) is 0 Å². The molecule has 0 spiro atoms. The van der Waals surface area contributed by atoms with Crippen LogP contribution in [0.3, 0.4) is 0 Å². The van der Waals surface area contributed by atoms with Gasteiger partial charge in [0.2, 0.25) is 0 Å². The van der Waals surface area contributed by atoms with Crippen LogP contribution in [0.25, 0.3) is 91.9 Å². The molecule has 0 saturated carbocycles. The molecule has 210 valence electrons. The third-order valence-corrected chi connectivity index (χ3v) is 10.4. The molecule has 0 N–H and O–H groups in total. The summed E-state index contributed by atoms with van der Waals surface area (Å²) >= 11 is 1.86. The lowest BCUT2D eigenvalue weighted by Gasteiger charge is -2.08. The first kappa shape index (κ1) is 24.8. The minimum atomic E-state index is 0.926. The summed E-state index contributed by atoms with van der Waals surface area (Å²) in [5.41, 5.74) is 10.4. The quantitative estimate of drug-likeness (QED) is 0.200. The van der Waals surface area contributed by atoms with Crippen LogP contribution in [0.2, 0.25) is 0 Å². The van der Waals surface area contributed by atoms with Crippen LogP contribution in [-0.4, -0.2) is 4.57 Å². The molecular formula is C42H25NOS. The van der Waals surface area contributed by atoms with Crippen LogP contribution >= 0.6 is 11.3 Å². The molecule has 7 aromatic carbocycles. The van der Waals surface area contributed by atoms with Gasteiger partial charge in [-0.25, -0.2) is 0 Å². The van der Waals surface area contributed by atoms with Crippen LogP contribution in [0, 0.1) is 0 Å². The number of hydrogen-bond donors (Lipinski definition) is 0. The molecule has 3 heterocycles. The second kappa shape index (κ2) is 9.43. The van der Waals surface area contributed by atoms with Gasteiger partial charge in [-0.3, -0.25) is 0 Å². The van der Waals surface area contributed by atoms with Crippen LogP contribution in [0.15, 0.2) is 156 Å². The van der Waals surface area contributed by atoms with E-state index in [4.69, 9.17) is 4.42 Å². The maximum Gasteiger partial charge on any atom is 0.135 e. The van der Waals surface area contributed by atoms with Crippen LogP contribution in [0.5, 0.6) is 0 Å². The van der Waals surface area contributed by atoms with E-state index in [-0.39, 0.29) is 0 Å². The maximum atomic E-state index is 6.09. The lowest BCUT2D eigenvalue weighted by molar-refractivity contribution is 0.669. The van der Waals surface area contributed by atoms with E-state index in [2.05, 4.69) is 144 Å². The highest BCUT2D eigenvalue weighted by Crippen LogP contribution is 2.41. The van der Waals surface area contributed by atoms with Crippen molar-refractivity contribution in [1.82, 2.24) is 4.57 Å². The summed E-state index contributed by atoms with van der Waals surface area (Å²) in [4.78, 5) is 0. The Kier molecular flexibility index (Phi) is 5.19. The van der Waals surface area contributed by atoms with Crippen LogP contribution in [0.1, 0.15) is 0 Å². The topological polar surface area (TPSA) is 18.1 Å². The summed E-state index contributed by atoms with van der Waals surface area (Å²) in [5.74, 6) is 0. The Morgan fingerprint density at radius 1 is 0.378 bits per heavy atom. The van der Waals surface area contributed by atoms with E-state index in [1.807, 2.05) is 23.5 Å². The van der Waals surface area contributed by atoms with E-state index in [9.17, 15) is 0 Å². The summed E-state index contributed by atoms with van der Waals surface area (Å²) in [6, 6.07) is 54.9. The van der Waals surface area contributed by atoms with E-state index >= 15 is 0 Å². The molecule has 0 saturated heterocycles. The lowest BCUT2D eigenvalue weighted by atomic mass is 9.98. The number of hydrogen-bond acceptors (Lipinski definition) is 2. The monoisotopic (exact) mass is 591 g/mol. The summed E-state index contributed by atoms with van der Waals surface area (Å²) in [6.45, 7) is 0. The first-order valence-electron chi connectivity index (χ1n) is 15.3. The van der Waals surface area contributed by atoms with E-state index in [0.717, 1.165) is 21.9 Å². The van der Waals surface area contributed by atoms with E-state index < -0.39 is 0 Å². The standard InChI is InChI=1S/C42H25NOS/c1-2-8-30(9-3-1)43-37-12-6-4-10-31(37)33-22-26(14-18-38(33)43)28-16-20-41-35(24-28)36-25-29(17-21-42(36)45-41)27-15-19-40-34(23-27)32-11-5-7-13-39(32)44-40/h1-25H. The Morgan fingerprint density at radius 3 is 1.67 bits per heavy atom. The minimum absolute atomic E-state index is 0.926. The summed E-state index contributed by atoms with van der Waals surface area (Å²) < 4.78 is 11.1. The molecule has 0 aliphatic heterocycles. The number of rotatable bonds is 3. The average molecular weight is 592 g/mol. The van der Waals surface area contributed by atoms with Gasteiger partial charge in [0, 0.05) is 47.4 Å². The number of fused-ring (bicyclic) bond motifs is 9. The molecular weight excluding hydrogens is 567 g/mol. The third kappa shape index (κ3) is 3.75. The van der Waals surface area contributed by atoms with Crippen molar-refractivity contribution in [2.75, 3.05) is 0 Å². The molecule has 0 aliphatic carbocycles. The number of para-hydroxylation sites is 3. The van der Waals surface area contributed by atoms with Crippen molar-refractivity contribution in [2.24, 2.45) is 0 Å². The fourth-order valence-electron chi connectivity index (χ4n) is 7.05. The second-order valence-corrected chi connectivity index (χ2v) is 12.8. The molecule has 10 rings (SSSR count). The minimum Gasteiger partial charge on any atom is -0.456 e. The zero-order valence-corrected chi connectivity index (χ0v) is 25.0. The van der Waals surface area contributed by atoms with Gasteiger partial charge in [-0.2, -0.15) is 0 Å². The molecule has 0 atom stereocenters. The summed E-state index contributed by atoms with van der Waals surface area (Å²) in [7, 11) is 0. The Bertz CT molecular complexity index is 2760. The molecule has 3 aromatic heterocycles. The summed E-state index contributed by atoms with van der Waals surface area (Å²) in [6.07, 6.45) is 0. The van der Waals surface area contributed by atoms with Crippen LogP contribution < -0.4 is 0 Å². The number of furan rings is 1. The van der Waals surface area contributed by atoms with Crippen molar-refractivity contribution >= 4 is 75.3 Å². The highest BCUT2D eigenvalue weighted by molar-refractivity contribution is 7.25. The maximum absolute atomic E-state index is 6.09. The Balaban J connectivity index is 1.12. The van der Waals surface area contributed by atoms with Crippen molar-refractivity contribution in [3.05, 3.63) is 152 Å². The number of thiophene rings is 1. The Morgan fingerprint density at radius 2 is 0.911 bits per heavy atom. The molecule has 3 heteroatoms. The Labute approximate surface area is 263 Å². The smallest absolute Gasteiger partial charge is 0.135 e. The van der Waals surface area contributed by atoms with Gasteiger partial charge in [-0.15, -0.1) is 11.3 Å². The first-order valence-corrected chi connectivity index (χ1v) is 16.1. The summed E-state index contributed by atoms with van der Waals surface area (Å²) in [5, 5.41) is 7.46. The zero-order chi connectivity index (χ0) is 29.5. The average Bonchev–Trinajstić information content (AvgIpc) is 3.77. The van der Waals surface area contributed by atoms with Gasteiger partial charge < -0.3 is 8.98 Å². The predicted octanol–water partition coefficient (Wildman–Crippen LogP) is 12.4. The molecule has 0 radical (unpaired) electrons. The van der Waals surface area contributed by atoms with Crippen molar-refractivity contribution in [3.8, 4) is 27.9 Å². The van der Waals surface area contributed by atoms with Gasteiger partial charge in [-0.05, 0) is 95.1 Å². The molecule has 0 amide bonds. The normalized spacial score (nSPS) is 12.0. The van der Waals surface area contributed by atoms with Gasteiger partial charge >= 0.3 is 0 Å².